The van der Waals surface area contributed by atoms with Crippen LogP contribution in [0.1, 0.15) is 31.5 Å². The van der Waals surface area contributed by atoms with Gasteiger partial charge in [0.1, 0.15) is 0 Å². The van der Waals surface area contributed by atoms with Gasteiger partial charge in [0.25, 0.3) is 0 Å². The molecular formula is C13H13ClN4OS. The number of hydrogen-bond acceptors (Lipinski definition) is 5. The largest absolute Gasteiger partial charge is 0.339 e. The second kappa shape index (κ2) is 5.46. The van der Waals surface area contributed by atoms with Gasteiger partial charge >= 0.3 is 0 Å². The smallest absolute Gasteiger partial charge is 0.229 e. The molecule has 2 aromatic heterocycles. The van der Waals surface area contributed by atoms with E-state index in [0.717, 1.165) is 16.2 Å². The second-order valence-corrected chi connectivity index (χ2v) is 6.10. The summed E-state index contributed by atoms with van der Waals surface area (Å²) in [5.41, 5.74) is 1.82. The Balaban J connectivity index is 1.72. The van der Waals surface area contributed by atoms with Gasteiger partial charge < -0.3 is 9.51 Å². The van der Waals surface area contributed by atoms with Crippen molar-refractivity contribution in [2.24, 2.45) is 0 Å². The molecule has 104 valence electrons. The Bertz CT molecular complexity index is 737. The van der Waals surface area contributed by atoms with Crippen LogP contribution in [0.5, 0.6) is 0 Å². The van der Waals surface area contributed by atoms with Gasteiger partial charge in [-0.25, -0.2) is 4.98 Å². The van der Waals surface area contributed by atoms with Crippen LogP contribution in [0.3, 0.4) is 0 Å². The molecule has 0 bridgehead atoms. The van der Waals surface area contributed by atoms with Crippen LogP contribution in [0.2, 0.25) is 5.02 Å². The van der Waals surface area contributed by atoms with Gasteiger partial charge in [-0.1, -0.05) is 42.4 Å². The quantitative estimate of drug-likeness (QED) is 0.737. The van der Waals surface area contributed by atoms with E-state index in [-0.39, 0.29) is 5.92 Å². The number of thioether (sulfide) groups is 1. The highest BCUT2D eigenvalue weighted by Crippen LogP contribution is 2.24. The van der Waals surface area contributed by atoms with Crippen molar-refractivity contribution in [3.8, 4) is 0 Å². The van der Waals surface area contributed by atoms with E-state index in [2.05, 4.69) is 20.1 Å². The molecule has 0 spiro atoms. The summed E-state index contributed by atoms with van der Waals surface area (Å²) in [7, 11) is 0. The summed E-state index contributed by atoms with van der Waals surface area (Å²) in [5.74, 6) is 2.20. The molecule has 1 N–H and O–H groups in total. The number of nitrogens with one attached hydrogen (secondary N) is 1. The van der Waals surface area contributed by atoms with Crippen LogP contribution >= 0.6 is 23.4 Å². The first kappa shape index (κ1) is 13.5. The van der Waals surface area contributed by atoms with Crippen LogP contribution in [-0.4, -0.2) is 20.1 Å². The Kier molecular flexibility index (Phi) is 3.67. The average molecular weight is 309 g/mol. The zero-order valence-corrected chi connectivity index (χ0v) is 12.6. The summed E-state index contributed by atoms with van der Waals surface area (Å²) in [5, 5.41) is 5.46. The van der Waals surface area contributed by atoms with Gasteiger partial charge in [-0.2, -0.15) is 4.98 Å². The number of halogens is 1. The summed E-state index contributed by atoms with van der Waals surface area (Å²) in [6.45, 7) is 4.04. The molecule has 0 atom stereocenters. The fourth-order valence-corrected chi connectivity index (χ4v) is 2.62. The highest BCUT2D eigenvalue weighted by atomic mass is 35.5. The maximum atomic E-state index is 5.95. The SMILES string of the molecule is CC(C)c1nc(CSc2nc3ccc(Cl)cc3[nH]2)no1. The van der Waals surface area contributed by atoms with Crippen LogP contribution in [0.4, 0.5) is 0 Å². The molecule has 3 rings (SSSR count). The molecule has 0 saturated carbocycles. The molecule has 0 radical (unpaired) electrons. The third kappa shape index (κ3) is 2.81. The van der Waals surface area contributed by atoms with E-state index in [1.54, 1.807) is 0 Å². The zero-order chi connectivity index (χ0) is 14.1. The van der Waals surface area contributed by atoms with E-state index in [1.165, 1.54) is 11.8 Å². The number of rotatable bonds is 4. The van der Waals surface area contributed by atoms with Crippen LogP contribution in [-0.2, 0) is 5.75 Å². The fraction of sp³-hybridized carbons (Fsp3) is 0.308. The topological polar surface area (TPSA) is 67.6 Å². The number of benzene rings is 1. The third-order valence-corrected chi connectivity index (χ3v) is 3.84. The predicted molar refractivity (Wildman–Crippen MR) is 79.1 cm³/mol. The van der Waals surface area contributed by atoms with Crippen molar-refractivity contribution in [3.63, 3.8) is 0 Å². The van der Waals surface area contributed by atoms with Crippen LogP contribution in [0, 0.1) is 0 Å². The average Bonchev–Trinajstić information content (AvgIpc) is 3.01. The molecule has 1 aromatic carbocycles. The minimum absolute atomic E-state index is 0.245. The highest BCUT2D eigenvalue weighted by Gasteiger charge is 2.11. The third-order valence-electron chi connectivity index (χ3n) is 2.74. The van der Waals surface area contributed by atoms with E-state index in [0.29, 0.717) is 22.5 Å². The Labute approximate surface area is 125 Å². The monoisotopic (exact) mass is 308 g/mol. The molecule has 7 heteroatoms. The van der Waals surface area contributed by atoms with Gasteiger partial charge in [0.05, 0.1) is 16.8 Å². The lowest BCUT2D eigenvalue weighted by molar-refractivity contribution is 0.362. The predicted octanol–water partition coefficient (Wildman–Crippen LogP) is 4.02. The Morgan fingerprint density at radius 2 is 2.20 bits per heavy atom. The van der Waals surface area contributed by atoms with Gasteiger partial charge in [-0.15, -0.1) is 0 Å². The number of fused-ring (bicyclic) bond motifs is 1. The molecule has 0 unspecified atom stereocenters. The maximum Gasteiger partial charge on any atom is 0.229 e. The van der Waals surface area contributed by atoms with Crippen molar-refractivity contribution in [1.29, 1.82) is 0 Å². The number of imidazole rings is 1. The molecule has 20 heavy (non-hydrogen) atoms. The lowest BCUT2D eigenvalue weighted by Gasteiger charge is -1.93. The zero-order valence-electron chi connectivity index (χ0n) is 11.1. The van der Waals surface area contributed by atoms with Gasteiger partial charge in [0.2, 0.25) is 5.89 Å². The van der Waals surface area contributed by atoms with Crippen molar-refractivity contribution in [1.82, 2.24) is 20.1 Å². The van der Waals surface area contributed by atoms with E-state index in [1.807, 2.05) is 32.0 Å². The molecule has 5 nitrogen and oxygen atoms in total. The summed E-state index contributed by atoms with van der Waals surface area (Å²) >= 11 is 7.48. The number of aromatic nitrogens is 4. The van der Waals surface area contributed by atoms with Crippen LogP contribution < -0.4 is 0 Å². The second-order valence-electron chi connectivity index (χ2n) is 4.70. The van der Waals surface area contributed by atoms with E-state index >= 15 is 0 Å². The Morgan fingerprint density at radius 1 is 1.35 bits per heavy atom. The number of H-pyrrole nitrogens is 1. The van der Waals surface area contributed by atoms with Gasteiger partial charge in [0, 0.05) is 10.9 Å². The summed E-state index contributed by atoms with van der Waals surface area (Å²) in [6, 6.07) is 5.58. The molecule has 0 aliphatic heterocycles. The first-order valence-corrected chi connectivity index (χ1v) is 7.59. The maximum absolute atomic E-state index is 5.95. The van der Waals surface area contributed by atoms with E-state index in [9.17, 15) is 0 Å². The molecule has 0 saturated heterocycles. The van der Waals surface area contributed by atoms with Crippen molar-refractivity contribution >= 4 is 34.4 Å². The summed E-state index contributed by atoms with van der Waals surface area (Å²) in [4.78, 5) is 12.0. The first-order chi connectivity index (χ1) is 9.61. The fourth-order valence-electron chi connectivity index (χ4n) is 1.72. The molecule has 3 aromatic rings. The lowest BCUT2D eigenvalue weighted by Crippen LogP contribution is -1.88. The Morgan fingerprint density at radius 3 is 2.95 bits per heavy atom. The van der Waals surface area contributed by atoms with Crippen molar-refractivity contribution in [2.75, 3.05) is 0 Å². The van der Waals surface area contributed by atoms with Crippen molar-refractivity contribution < 1.29 is 4.52 Å². The standard InChI is InChI=1S/C13H13ClN4OS/c1-7(2)12-17-11(18-19-12)6-20-13-15-9-4-3-8(14)5-10(9)16-13/h3-5,7H,6H2,1-2H3,(H,15,16). The van der Waals surface area contributed by atoms with Gasteiger partial charge in [-0.3, -0.25) is 0 Å². The number of aromatic amines is 1. The lowest BCUT2D eigenvalue weighted by atomic mass is 10.2. The first-order valence-electron chi connectivity index (χ1n) is 6.22. The molecule has 0 fully saturated rings. The highest BCUT2D eigenvalue weighted by molar-refractivity contribution is 7.98. The molecule has 0 aliphatic rings. The number of hydrogen-bond donors (Lipinski definition) is 1. The summed E-state index contributed by atoms with van der Waals surface area (Å²) in [6.07, 6.45) is 0. The van der Waals surface area contributed by atoms with E-state index < -0.39 is 0 Å². The normalized spacial score (nSPS) is 11.6. The van der Waals surface area contributed by atoms with Crippen molar-refractivity contribution in [3.05, 3.63) is 34.9 Å². The van der Waals surface area contributed by atoms with Crippen LogP contribution in [0.25, 0.3) is 11.0 Å². The molecule has 0 amide bonds. The van der Waals surface area contributed by atoms with Crippen LogP contribution in [0.15, 0.2) is 27.9 Å². The molecule has 2 heterocycles. The molecule has 0 aliphatic carbocycles. The van der Waals surface area contributed by atoms with Gasteiger partial charge in [-0.05, 0) is 18.2 Å². The van der Waals surface area contributed by atoms with Gasteiger partial charge in [0.15, 0.2) is 11.0 Å². The minimum atomic E-state index is 0.245. The van der Waals surface area contributed by atoms with Crippen molar-refractivity contribution in [2.45, 2.75) is 30.7 Å². The Hall–Kier alpha value is -1.53. The number of nitrogens with zero attached hydrogens (tertiary/aromatic N) is 3. The molecular weight excluding hydrogens is 296 g/mol. The summed E-state index contributed by atoms with van der Waals surface area (Å²) < 4.78 is 5.17. The minimum Gasteiger partial charge on any atom is -0.339 e. The van der Waals surface area contributed by atoms with E-state index in [4.69, 9.17) is 16.1 Å².